The molecular formula is C7H2BF4NO2. The average Bonchev–Trinajstić information content (AvgIpc) is 2.20. The maximum Gasteiger partial charge on any atom is 0.573 e. The molecule has 0 saturated heterocycles. The van der Waals surface area contributed by atoms with E-state index >= 15 is 0 Å². The molecule has 0 radical (unpaired) electrons. The number of hydrogen-bond acceptors (Lipinski definition) is 3. The maximum absolute atomic E-state index is 12.9. The van der Waals surface area contributed by atoms with E-state index in [9.17, 15) is 17.6 Å². The minimum Gasteiger partial charge on any atom is -0.463 e. The van der Waals surface area contributed by atoms with E-state index in [1.807, 2.05) is 0 Å². The smallest absolute Gasteiger partial charge is 0.463 e. The Bertz CT molecular complexity index is 434. The first-order valence-electron chi connectivity index (χ1n) is 3.54. The lowest BCUT2D eigenvalue weighted by Crippen LogP contribution is -2.36. The van der Waals surface area contributed by atoms with Crippen molar-refractivity contribution in [3.8, 4) is 6.26 Å². The Morgan fingerprint density at radius 2 is 1.80 bits per heavy atom. The molecule has 0 atom stereocenters. The summed E-state index contributed by atoms with van der Waals surface area (Å²) in [5, 5.41) is 16.9. The Morgan fingerprint density at radius 3 is 2.33 bits per heavy atom. The number of hydrogen-bond donors (Lipinski definition) is 1. The van der Waals surface area contributed by atoms with Crippen molar-refractivity contribution < 1.29 is 27.2 Å². The van der Waals surface area contributed by atoms with Crippen molar-refractivity contribution >= 4 is 12.6 Å². The number of halogens is 4. The molecule has 0 spiro atoms. The second kappa shape index (κ2) is 4.19. The molecule has 1 N–H and O–H groups in total. The molecule has 1 aromatic carbocycles. The molecule has 0 saturated carbocycles. The Morgan fingerprint density at radius 1 is 1.20 bits per heavy atom. The van der Waals surface area contributed by atoms with E-state index < -0.39 is 35.9 Å². The Kier molecular flexibility index (Phi) is 3.16. The summed E-state index contributed by atoms with van der Waals surface area (Å²) in [5.74, 6) is -7.58. The first-order chi connectivity index (χ1) is 6.99. The van der Waals surface area contributed by atoms with Crippen LogP contribution in [0.25, 0.3) is 0 Å². The predicted molar refractivity (Wildman–Crippen MR) is 40.6 cm³/mol. The van der Waals surface area contributed by atoms with Crippen molar-refractivity contribution in [1.29, 1.82) is 5.26 Å². The quantitative estimate of drug-likeness (QED) is 0.258. The second-order valence-electron chi connectivity index (χ2n) is 2.45. The van der Waals surface area contributed by atoms with Gasteiger partial charge in [0.25, 0.3) is 6.26 Å². The van der Waals surface area contributed by atoms with Gasteiger partial charge in [-0.25, -0.2) is 17.6 Å². The minimum absolute atomic E-state index is 0.204. The molecule has 78 valence electrons. The lowest BCUT2D eigenvalue weighted by molar-refractivity contribution is 0.388. The van der Waals surface area contributed by atoms with Gasteiger partial charge in [0.2, 0.25) is 0 Å². The van der Waals surface area contributed by atoms with Crippen LogP contribution in [-0.2, 0) is 4.65 Å². The molecule has 0 amide bonds. The molecule has 0 aromatic heterocycles. The summed E-state index contributed by atoms with van der Waals surface area (Å²) in [6.45, 7) is 0. The highest BCUT2D eigenvalue weighted by Gasteiger charge is 2.29. The number of nitrogens with zero attached hydrogens (tertiary/aromatic N) is 1. The molecule has 0 aliphatic rings. The molecular weight excluding hydrogens is 217 g/mol. The summed E-state index contributed by atoms with van der Waals surface area (Å²) in [7, 11) is -2.18. The highest BCUT2D eigenvalue weighted by atomic mass is 19.2. The zero-order valence-electron chi connectivity index (χ0n) is 6.97. The molecule has 0 heterocycles. The monoisotopic (exact) mass is 219 g/mol. The fourth-order valence-electron chi connectivity index (χ4n) is 0.884. The standard InChI is InChI=1S/C7H2BF4NO2/c9-4-1-3(8(14)15-2-13)5(10)7(12)6(4)11/h1,14H. The fourth-order valence-corrected chi connectivity index (χ4v) is 0.884. The van der Waals surface area contributed by atoms with Crippen LogP contribution in [0.4, 0.5) is 17.6 Å². The molecule has 0 fully saturated rings. The van der Waals surface area contributed by atoms with Crippen molar-refractivity contribution in [2.24, 2.45) is 0 Å². The normalized spacial score (nSPS) is 9.60. The van der Waals surface area contributed by atoms with Crippen LogP contribution in [0.1, 0.15) is 0 Å². The summed E-state index contributed by atoms with van der Waals surface area (Å²) in [4.78, 5) is 0. The number of benzene rings is 1. The minimum atomic E-state index is -2.18. The predicted octanol–water partition coefficient (Wildman–Crippen LogP) is 0.428. The first kappa shape index (κ1) is 11.3. The van der Waals surface area contributed by atoms with Crippen LogP contribution in [0.2, 0.25) is 0 Å². The molecule has 3 nitrogen and oxygen atoms in total. The molecule has 1 aromatic rings. The van der Waals surface area contributed by atoms with Gasteiger partial charge in [-0.15, -0.1) is 0 Å². The first-order valence-corrected chi connectivity index (χ1v) is 3.54. The molecule has 1 rings (SSSR count). The van der Waals surface area contributed by atoms with Crippen LogP contribution in [0.15, 0.2) is 6.07 Å². The van der Waals surface area contributed by atoms with Crippen LogP contribution >= 0.6 is 0 Å². The van der Waals surface area contributed by atoms with E-state index in [1.54, 1.807) is 0 Å². The van der Waals surface area contributed by atoms with Gasteiger partial charge in [-0.3, -0.25) is 0 Å². The average molecular weight is 219 g/mol. The van der Waals surface area contributed by atoms with Crippen LogP contribution in [0, 0.1) is 34.8 Å². The summed E-state index contributed by atoms with van der Waals surface area (Å²) < 4.78 is 54.4. The van der Waals surface area contributed by atoms with E-state index in [4.69, 9.17) is 10.3 Å². The van der Waals surface area contributed by atoms with Crippen molar-refractivity contribution in [2.45, 2.75) is 0 Å². The van der Waals surface area contributed by atoms with Crippen molar-refractivity contribution in [1.82, 2.24) is 0 Å². The Labute approximate surface area is 81.7 Å². The van der Waals surface area contributed by atoms with E-state index in [0.717, 1.165) is 6.26 Å². The number of nitriles is 1. The molecule has 0 bridgehead atoms. The third-order valence-electron chi connectivity index (χ3n) is 1.56. The fraction of sp³-hybridized carbons (Fsp3) is 0. The van der Waals surface area contributed by atoms with Crippen LogP contribution < -0.4 is 5.46 Å². The third-order valence-corrected chi connectivity index (χ3v) is 1.56. The van der Waals surface area contributed by atoms with Crippen molar-refractivity contribution in [2.75, 3.05) is 0 Å². The number of rotatable bonds is 2. The molecule has 15 heavy (non-hydrogen) atoms. The van der Waals surface area contributed by atoms with Gasteiger partial charge in [-0.05, 0) is 6.07 Å². The molecule has 0 aliphatic carbocycles. The summed E-state index contributed by atoms with van der Waals surface area (Å²) in [5.41, 5.74) is -0.993. The lowest BCUT2D eigenvalue weighted by atomic mass is 9.79. The van der Waals surface area contributed by atoms with Gasteiger partial charge in [0.1, 0.15) is 0 Å². The third kappa shape index (κ3) is 2.02. The van der Waals surface area contributed by atoms with E-state index in [1.165, 1.54) is 0 Å². The molecule has 0 unspecified atom stereocenters. The van der Waals surface area contributed by atoms with Crippen molar-refractivity contribution in [3.63, 3.8) is 0 Å². The van der Waals surface area contributed by atoms with Gasteiger partial charge in [0.15, 0.2) is 23.3 Å². The SMILES string of the molecule is N#COB(O)c1cc(F)c(F)c(F)c1F. The zero-order valence-corrected chi connectivity index (χ0v) is 6.97. The lowest BCUT2D eigenvalue weighted by Gasteiger charge is -2.05. The topological polar surface area (TPSA) is 53.2 Å². The van der Waals surface area contributed by atoms with E-state index in [2.05, 4.69) is 4.65 Å². The van der Waals surface area contributed by atoms with Gasteiger partial charge in [0, 0.05) is 5.46 Å². The van der Waals surface area contributed by atoms with Gasteiger partial charge < -0.3 is 9.68 Å². The maximum atomic E-state index is 12.9. The van der Waals surface area contributed by atoms with Crippen molar-refractivity contribution in [3.05, 3.63) is 29.3 Å². The zero-order chi connectivity index (χ0) is 11.6. The highest BCUT2D eigenvalue weighted by Crippen LogP contribution is 2.12. The molecule has 8 heteroatoms. The van der Waals surface area contributed by atoms with Crippen LogP contribution in [0.3, 0.4) is 0 Å². The van der Waals surface area contributed by atoms with Gasteiger partial charge in [-0.2, -0.15) is 5.26 Å². The van der Waals surface area contributed by atoms with Gasteiger partial charge in [0.05, 0.1) is 0 Å². The second-order valence-corrected chi connectivity index (χ2v) is 2.45. The summed E-state index contributed by atoms with van der Waals surface area (Å²) in [6, 6.07) is 0.204. The van der Waals surface area contributed by atoms with E-state index in [-0.39, 0.29) is 6.07 Å². The summed E-state index contributed by atoms with van der Waals surface area (Å²) in [6.07, 6.45) is 0.991. The Hall–Kier alpha value is -1.75. The van der Waals surface area contributed by atoms with Gasteiger partial charge >= 0.3 is 7.12 Å². The summed E-state index contributed by atoms with van der Waals surface area (Å²) >= 11 is 0. The highest BCUT2D eigenvalue weighted by molar-refractivity contribution is 6.60. The molecule has 0 aliphatic heterocycles. The largest absolute Gasteiger partial charge is 0.573 e. The van der Waals surface area contributed by atoms with E-state index in [0.29, 0.717) is 0 Å². The van der Waals surface area contributed by atoms with Crippen LogP contribution in [-0.4, -0.2) is 12.1 Å². The Balaban J connectivity index is 3.27. The van der Waals surface area contributed by atoms with Crippen LogP contribution in [0.5, 0.6) is 0 Å². The van der Waals surface area contributed by atoms with Gasteiger partial charge in [-0.1, -0.05) is 0 Å².